The minimum atomic E-state index is 0.0737. The Balaban J connectivity index is 1.81. The summed E-state index contributed by atoms with van der Waals surface area (Å²) >= 11 is 0. The van der Waals surface area contributed by atoms with E-state index in [0.29, 0.717) is 35.4 Å². The fourth-order valence-corrected chi connectivity index (χ4v) is 2.66. The van der Waals surface area contributed by atoms with E-state index in [0.717, 1.165) is 13.1 Å². The number of nitrogens with two attached hydrogens (primary N) is 1. The third-order valence-electron chi connectivity index (χ3n) is 4.20. The molecule has 0 unspecified atom stereocenters. The van der Waals surface area contributed by atoms with Gasteiger partial charge in [0.1, 0.15) is 0 Å². The Hall–Kier alpha value is -1.71. The van der Waals surface area contributed by atoms with Crippen LogP contribution in [-0.4, -0.2) is 30.5 Å². The first-order chi connectivity index (χ1) is 10.2. The number of benzene rings is 1. The number of nitrogens with zero attached hydrogens (tertiary/aromatic N) is 1. The van der Waals surface area contributed by atoms with Crippen LogP contribution in [0.3, 0.4) is 0 Å². The van der Waals surface area contributed by atoms with E-state index < -0.39 is 0 Å². The van der Waals surface area contributed by atoms with Crippen LogP contribution in [0.2, 0.25) is 0 Å². The van der Waals surface area contributed by atoms with Gasteiger partial charge < -0.3 is 15.4 Å². The minimum Gasteiger partial charge on any atom is -0.491 e. The Morgan fingerprint density at radius 1 is 1.24 bits per heavy atom. The molecule has 2 aliphatic carbocycles. The van der Waals surface area contributed by atoms with E-state index in [4.69, 9.17) is 10.5 Å². The molecule has 2 saturated carbocycles. The predicted octanol–water partition coefficient (Wildman–Crippen LogP) is 2.93. The molecule has 2 N–H and O–H groups in total. The number of nitrogen functional groups attached to an aromatic ring is 1. The van der Waals surface area contributed by atoms with Gasteiger partial charge in [-0.25, -0.2) is 0 Å². The van der Waals surface area contributed by atoms with Crippen molar-refractivity contribution in [1.29, 1.82) is 0 Å². The smallest absolute Gasteiger partial charge is 0.257 e. The lowest BCUT2D eigenvalue weighted by atomic mass is 10.1. The number of hydrogen-bond acceptors (Lipinski definition) is 3. The molecule has 2 fully saturated rings. The lowest BCUT2D eigenvalue weighted by Gasteiger charge is -2.24. The first kappa shape index (κ1) is 14.2. The number of hydrogen-bond donors (Lipinski definition) is 1. The molecule has 4 heteroatoms. The number of anilines is 1. The molecule has 1 aromatic rings. The highest BCUT2D eigenvalue weighted by Gasteiger charge is 2.32. The quantitative estimate of drug-likeness (QED) is 0.785. The van der Waals surface area contributed by atoms with E-state index in [1.54, 1.807) is 6.07 Å². The average Bonchev–Trinajstić information content (AvgIpc) is 3.35. The van der Waals surface area contributed by atoms with Crippen LogP contribution in [0.1, 0.15) is 43.0 Å². The van der Waals surface area contributed by atoms with Crippen molar-refractivity contribution in [3.63, 3.8) is 0 Å². The summed E-state index contributed by atoms with van der Waals surface area (Å²) in [5, 5.41) is 0. The number of para-hydroxylation sites is 1. The Bertz CT molecular complexity index is 508. The highest BCUT2D eigenvalue weighted by Crippen LogP contribution is 2.35. The van der Waals surface area contributed by atoms with Crippen LogP contribution >= 0.6 is 0 Å². The zero-order valence-corrected chi connectivity index (χ0v) is 12.7. The maximum absolute atomic E-state index is 12.9. The molecule has 0 heterocycles. The number of rotatable bonds is 7. The van der Waals surface area contributed by atoms with Gasteiger partial charge in [0.15, 0.2) is 5.75 Å². The van der Waals surface area contributed by atoms with Crippen molar-refractivity contribution in [1.82, 2.24) is 4.90 Å². The topological polar surface area (TPSA) is 55.6 Å². The molecule has 0 aromatic heterocycles. The second kappa shape index (κ2) is 5.96. The SMILES string of the molecule is CCOc1c(N)cccc1C(=O)N(CC1CC1)CC1CC1. The van der Waals surface area contributed by atoms with E-state index in [2.05, 4.69) is 0 Å². The van der Waals surface area contributed by atoms with Crippen molar-refractivity contribution in [2.75, 3.05) is 25.4 Å². The summed E-state index contributed by atoms with van der Waals surface area (Å²) in [5.41, 5.74) is 7.13. The summed E-state index contributed by atoms with van der Waals surface area (Å²) in [6.45, 7) is 4.19. The average molecular weight is 288 g/mol. The summed E-state index contributed by atoms with van der Waals surface area (Å²) in [6, 6.07) is 5.45. The van der Waals surface area contributed by atoms with Crippen LogP contribution < -0.4 is 10.5 Å². The maximum Gasteiger partial charge on any atom is 0.257 e. The molecule has 0 aliphatic heterocycles. The first-order valence-corrected chi connectivity index (χ1v) is 7.99. The zero-order valence-electron chi connectivity index (χ0n) is 12.7. The van der Waals surface area contributed by atoms with E-state index in [9.17, 15) is 4.79 Å². The van der Waals surface area contributed by atoms with Crippen molar-refractivity contribution in [2.24, 2.45) is 11.8 Å². The third-order valence-corrected chi connectivity index (χ3v) is 4.20. The highest BCUT2D eigenvalue weighted by molar-refractivity contribution is 5.98. The molecule has 0 saturated heterocycles. The molecule has 4 nitrogen and oxygen atoms in total. The molecule has 21 heavy (non-hydrogen) atoms. The molecule has 3 rings (SSSR count). The summed E-state index contributed by atoms with van der Waals surface area (Å²) < 4.78 is 5.61. The predicted molar refractivity (Wildman–Crippen MR) is 83.4 cm³/mol. The lowest BCUT2D eigenvalue weighted by Crippen LogP contribution is -2.35. The van der Waals surface area contributed by atoms with Crippen molar-refractivity contribution in [3.8, 4) is 5.75 Å². The summed E-state index contributed by atoms with van der Waals surface area (Å²) in [4.78, 5) is 14.9. The van der Waals surface area contributed by atoms with Gasteiger partial charge in [-0.15, -0.1) is 0 Å². The lowest BCUT2D eigenvalue weighted by molar-refractivity contribution is 0.0735. The number of amides is 1. The van der Waals surface area contributed by atoms with Crippen LogP contribution in [-0.2, 0) is 0 Å². The Kier molecular flexibility index (Phi) is 4.04. The summed E-state index contributed by atoms with van der Waals surface area (Å²) in [6.07, 6.45) is 5.01. The largest absolute Gasteiger partial charge is 0.491 e. The molecular weight excluding hydrogens is 264 g/mol. The third kappa shape index (κ3) is 3.49. The molecule has 0 radical (unpaired) electrons. The molecule has 0 bridgehead atoms. The van der Waals surface area contributed by atoms with Gasteiger partial charge in [0.05, 0.1) is 17.9 Å². The van der Waals surface area contributed by atoms with E-state index in [1.165, 1.54) is 25.7 Å². The monoisotopic (exact) mass is 288 g/mol. The van der Waals surface area contributed by atoms with Gasteiger partial charge in [0.2, 0.25) is 0 Å². The van der Waals surface area contributed by atoms with Gasteiger partial charge in [-0.2, -0.15) is 0 Å². The van der Waals surface area contributed by atoms with Gasteiger partial charge in [-0.1, -0.05) is 6.07 Å². The van der Waals surface area contributed by atoms with Crippen LogP contribution in [0, 0.1) is 11.8 Å². The van der Waals surface area contributed by atoms with E-state index in [1.807, 2.05) is 24.0 Å². The molecule has 2 aliphatic rings. The van der Waals surface area contributed by atoms with Crippen molar-refractivity contribution in [2.45, 2.75) is 32.6 Å². The zero-order chi connectivity index (χ0) is 14.8. The summed E-state index contributed by atoms with van der Waals surface area (Å²) in [7, 11) is 0. The van der Waals surface area contributed by atoms with E-state index >= 15 is 0 Å². The first-order valence-electron chi connectivity index (χ1n) is 7.99. The van der Waals surface area contributed by atoms with Crippen LogP contribution in [0.4, 0.5) is 5.69 Å². The van der Waals surface area contributed by atoms with Gasteiger partial charge in [0, 0.05) is 13.1 Å². The van der Waals surface area contributed by atoms with Crippen molar-refractivity contribution in [3.05, 3.63) is 23.8 Å². The molecule has 1 aromatic carbocycles. The second-order valence-electron chi connectivity index (χ2n) is 6.25. The normalized spacial score (nSPS) is 17.6. The number of carbonyl (C=O) groups excluding carboxylic acids is 1. The van der Waals surface area contributed by atoms with Gasteiger partial charge in [-0.05, 0) is 56.6 Å². The van der Waals surface area contributed by atoms with Crippen LogP contribution in [0.5, 0.6) is 5.75 Å². The number of ether oxygens (including phenoxy) is 1. The van der Waals surface area contributed by atoms with Gasteiger partial charge >= 0.3 is 0 Å². The highest BCUT2D eigenvalue weighted by atomic mass is 16.5. The fourth-order valence-electron chi connectivity index (χ4n) is 2.66. The molecule has 0 atom stereocenters. The van der Waals surface area contributed by atoms with E-state index in [-0.39, 0.29) is 5.91 Å². The molecule has 1 amide bonds. The van der Waals surface area contributed by atoms with Crippen molar-refractivity contribution >= 4 is 11.6 Å². The molecule has 114 valence electrons. The second-order valence-corrected chi connectivity index (χ2v) is 6.25. The Morgan fingerprint density at radius 2 is 1.86 bits per heavy atom. The summed E-state index contributed by atoms with van der Waals surface area (Å²) in [5.74, 6) is 2.01. The Labute approximate surface area is 126 Å². The van der Waals surface area contributed by atoms with Crippen LogP contribution in [0.15, 0.2) is 18.2 Å². The minimum absolute atomic E-state index is 0.0737. The van der Waals surface area contributed by atoms with Gasteiger partial charge in [0.25, 0.3) is 5.91 Å². The van der Waals surface area contributed by atoms with Crippen LogP contribution in [0.25, 0.3) is 0 Å². The van der Waals surface area contributed by atoms with Gasteiger partial charge in [-0.3, -0.25) is 4.79 Å². The van der Waals surface area contributed by atoms with Crippen molar-refractivity contribution < 1.29 is 9.53 Å². The standard InChI is InChI=1S/C17H24N2O2/c1-2-21-16-14(4-3-5-15(16)18)17(20)19(10-12-6-7-12)11-13-8-9-13/h3-5,12-13H,2,6-11,18H2,1H3. The Morgan fingerprint density at radius 3 is 2.38 bits per heavy atom. The number of carbonyl (C=O) groups is 1. The molecular formula is C17H24N2O2. The maximum atomic E-state index is 12.9. The fraction of sp³-hybridized carbons (Fsp3) is 0.588. The molecule has 0 spiro atoms.